The van der Waals surface area contributed by atoms with Gasteiger partial charge in [0.15, 0.2) is 5.69 Å². The Labute approximate surface area is 181 Å². The summed E-state index contributed by atoms with van der Waals surface area (Å²) in [7, 11) is 1.90. The minimum Gasteiger partial charge on any atom is -0.370 e. The van der Waals surface area contributed by atoms with E-state index in [1.165, 1.54) is 12.8 Å². The third kappa shape index (κ3) is 3.75. The lowest BCUT2D eigenvalue weighted by atomic mass is 9.83. The number of piperidine rings is 1. The summed E-state index contributed by atoms with van der Waals surface area (Å²) >= 11 is 0. The summed E-state index contributed by atoms with van der Waals surface area (Å²) in [5.41, 5.74) is 2.82. The molecule has 0 aromatic carbocycles. The van der Waals surface area contributed by atoms with Gasteiger partial charge in [0, 0.05) is 57.1 Å². The Morgan fingerprint density at radius 3 is 2.77 bits per heavy atom. The Balaban J connectivity index is 1.26. The second-order valence-electron chi connectivity index (χ2n) is 9.02. The van der Waals surface area contributed by atoms with Crippen molar-refractivity contribution in [2.45, 2.75) is 57.8 Å². The van der Waals surface area contributed by atoms with Crippen LogP contribution in [0.25, 0.3) is 0 Å². The van der Waals surface area contributed by atoms with Crippen molar-refractivity contribution in [3.05, 3.63) is 34.9 Å². The van der Waals surface area contributed by atoms with Gasteiger partial charge in [0.2, 0.25) is 0 Å². The van der Waals surface area contributed by atoms with Crippen LogP contribution in [0.5, 0.6) is 0 Å². The van der Waals surface area contributed by atoms with Crippen LogP contribution in [0, 0.1) is 5.92 Å². The van der Waals surface area contributed by atoms with Crippen molar-refractivity contribution in [1.82, 2.24) is 29.8 Å². The number of rotatable bonds is 5. The molecule has 9 nitrogen and oxygen atoms in total. The van der Waals surface area contributed by atoms with Gasteiger partial charge in [-0.15, -0.1) is 0 Å². The van der Waals surface area contributed by atoms with E-state index in [2.05, 4.69) is 15.5 Å². The molecule has 2 aromatic heterocycles. The molecule has 3 aliphatic rings. The van der Waals surface area contributed by atoms with Crippen molar-refractivity contribution in [2.24, 2.45) is 13.0 Å². The summed E-state index contributed by atoms with van der Waals surface area (Å²) in [6.07, 6.45) is 6.34. The maximum absolute atomic E-state index is 12.9. The molecule has 0 radical (unpaired) electrons. The van der Waals surface area contributed by atoms with E-state index in [1.54, 1.807) is 16.9 Å². The van der Waals surface area contributed by atoms with Gasteiger partial charge in [-0.1, -0.05) is 0 Å². The van der Waals surface area contributed by atoms with Gasteiger partial charge in [-0.3, -0.25) is 19.0 Å². The third-order valence-electron chi connectivity index (χ3n) is 6.95. The van der Waals surface area contributed by atoms with Crippen LogP contribution in [0.2, 0.25) is 0 Å². The standard InChI is InChI=1S/C22H30N6O3/c1-3-28-17(6-9-24-28)21(30)27-10-7-22(8-11-27)12-18-16(14-31-22)19(25-26(18)2)20(29)23-13-15-4-5-15/h6,9,15H,3-5,7-8,10-14H2,1-2H3,(H,23,29). The third-order valence-corrected chi connectivity index (χ3v) is 6.95. The number of hydrogen-bond acceptors (Lipinski definition) is 5. The van der Waals surface area contributed by atoms with Crippen molar-refractivity contribution < 1.29 is 14.3 Å². The molecule has 1 aliphatic carbocycles. The Hall–Kier alpha value is -2.68. The predicted molar refractivity (Wildman–Crippen MR) is 113 cm³/mol. The average molecular weight is 427 g/mol. The second kappa shape index (κ2) is 7.78. The number of ether oxygens (including phenoxy) is 1. The lowest BCUT2D eigenvalue weighted by molar-refractivity contribution is -0.0990. The quantitative estimate of drug-likeness (QED) is 0.782. The molecular weight excluding hydrogens is 396 g/mol. The molecule has 0 bridgehead atoms. The maximum Gasteiger partial charge on any atom is 0.272 e. The number of amides is 2. The molecule has 0 unspecified atom stereocenters. The monoisotopic (exact) mass is 426 g/mol. The molecule has 4 heterocycles. The van der Waals surface area contributed by atoms with Gasteiger partial charge in [0.1, 0.15) is 5.69 Å². The molecular formula is C22H30N6O3. The zero-order chi connectivity index (χ0) is 21.6. The van der Waals surface area contributed by atoms with Crippen molar-refractivity contribution in [3.8, 4) is 0 Å². The minimum absolute atomic E-state index is 0.0286. The van der Waals surface area contributed by atoms with E-state index in [1.807, 2.05) is 23.6 Å². The van der Waals surface area contributed by atoms with E-state index in [0.717, 1.165) is 37.1 Å². The van der Waals surface area contributed by atoms with E-state index >= 15 is 0 Å². The summed E-state index contributed by atoms with van der Waals surface area (Å²) in [5, 5.41) is 11.7. The van der Waals surface area contributed by atoms with Crippen molar-refractivity contribution >= 4 is 11.8 Å². The smallest absolute Gasteiger partial charge is 0.272 e. The van der Waals surface area contributed by atoms with Crippen LogP contribution in [0.3, 0.4) is 0 Å². The Morgan fingerprint density at radius 1 is 1.29 bits per heavy atom. The number of fused-ring (bicyclic) bond motifs is 1. The highest BCUT2D eigenvalue weighted by Crippen LogP contribution is 2.37. The summed E-state index contributed by atoms with van der Waals surface area (Å²) in [4.78, 5) is 27.4. The van der Waals surface area contributed by atoms with E-state index in [9.17, 15) is 9.59 Å². The number of nitrogens with one attached hydrogen (secondary N) is 1. The molecule has 2 fully saturated rings. The molecule has 9 heteroatoms. The number of aromatic nitrogens is 4. The Bertz CT molecular complexity index is 997. The van der Waals surface area contributed by atoms with E-state index in [-0.39, 0.29) is 17.4 Å². The highest BCUT2D eigenvalue weighted by molar-refractivity contribution is 5.94. The van der Waals surface area contributed by atoms with Gasteiger partial charge in [-0.2, -0.15) is 10.2 Å². The highest BCUT2D eigenvalue weighted by Gasteiger charge is 2.43. The lowest BCUT2D eigenvalue weighted by Gasteiger charge is -2.43. The van der Waals surface area contributed by atoms with E-state index < -0.39 is 0 Å². The number of likely N-dealkylation sites (tertiary alicyclic amines) is 1. The zero-order valence-electron chi connectivity index (χ0n) is 18.3. The zero-order valence-corrected chi connectivity index (χ0v) is 18.3. The molecule has 31 heavy (non-hydrogen) atoms. The van der Waals surface area contributed by atoms with Gasteiger partial charge in [-0.25, -0.2) is 0 Å². The maximum atomic E-state index is 12.9. The van der Waals surface area contributed by atoms with Crippen LogP contribution in [-0.4, -0.2) is 61.5 Å². The molecule has 2 amide bonds. The molecule has 1 spiro atoms. The molecule has 0 atom stereocenters. The lowest BCUT2D eigenvalue weighted by Crippen LogP contribution is -2.51. The first-order valence-electron chi connectivity index (χ1n) is 11.3. The number of nitrogens with zero attached hydrogens (tertiary/aromatic N) is 5. The van der Waals surface area contributed by atoms with E-state index in [4.69, 9.17) is 4.74 Å². The normalized spacial score (nSPS) is 20.0. The van der Waals surface area contributed by atoms with Crippen LogP contribution in [0.1, 0.15) is 64.8 Å². The van der Waals surface area contributed by atoms with Crippen LogP contribution in [-0.2, 0) is 31.4 Å². The summed E-state index contributed by atoms with van der Waals surface area (Å²) in [6, 6.07) is 1.78. The Morgan fingerprint density at radius 2 is 2.06 bits per heavy atom. The summed E-state index contributed by atoms with van der Waals surface area (Å²) < 4.78 is 9.92. The fourth-order valence-electron chi connectivity index (χ4n) is 4.75. The Kier molecular flexibility index (Phi) is 5.08. The molecule has 1 saturated carbocycles. The van der Waals surface area contributed by atoms with Crippen molar-refractivity contribution in [1.29, 1.82) is 0 Å². The fourth-order valence-corrected chi connectivity index (χ4v) is 4.75. The van der Waals surface area contributed by atoms with Gasteiger partial charge < -0.3 is 15.0 Å². The number of hydrogen-bond donors (Lipinski definition) is 1. The highest BCUT2D eigenvalue weighted by atomic mass is 16.5. The van der Waals surface area contributed by atoms with Gasteiger partial charge in [-0.05, 0) is 44.6 Å². The van der Waals surface area contributed by atoms with Crippen LogP contribution >= 0.6 is 0 Å². The second-order valence-corrected chi connectivity index (χ2v) is 9.02. The van der Waals surface area contributed by atoms with Crippen molar-refractivity contribution in [2.75, 3.05) is 19.6 Å². The summed E-state index contributed by atoms with van der Waals surface area (Å²) in [6.45, 7) is 5.08. The number of aryl methyl sites for hydroxylation is 2. The van der Waals surface area contributed by atoms with Gasteiger partial charge >= 0.3 is 0 Å². The molecule has 166 valence electrons. The average Bonchev–Trinajstić information content (AvgIpc) is 3.39. The summed E-state index contributed by atoms with van der Waals surface area (Å²) in [5.74, 6) is 0.559. The minimum atomic E-state index is -0.301. The van der Waals surface area contributed by atoms with Crippen LogP contribution in [0.15, 0.2) is 12.3 Å². The van der Waals surface area contributed by atoms with Crippen LogP contribution in [0.4, 0.5) is 0 Å². The first kappa shape index (κ1) is 20.2. The first-order chi connectivity index (χ1) is 15.0. The SMILES string of the molecule is CCn1nccc1C(=O)N1CCC2(CC1)Cc1c(c(C(=O)NCC3CC3)nn1C)CO2. The molecule has 1 N–H and O–H groups in total. The molecule has 2 aromatic rings. The van der Waals surface area contributed by atoms with Gasteiger partial charge in [0.25, 0.3) is 11.8 Å². The van der Waals surface area contributed by atoms with Crippen molar-refractivity contribution in [3.63, 3.8) is 0 Å². The molecule has 5 rings (SSSR count). The first-order valence-corrected chi connectivity index (χ1v) is 11.3. The predicted octanol–water partition coefficient (Wildman–Crippen LogP) is 1.52. The van der Waals surface area contributed by atoms with E-state index in [0.29, 0.717) is 43.5 Å². The van der Waals surface area contributed by atoms with Gasteiger partial charge in [0.05, 0.1) is 12.2 Å². The largest absolute Gasteiger partial charge is 0.370 e. The number of carbonyl (C=O) groups is 2. The topological polar surface area (TPSA) is 94.3 Å². The fraction of sp³-hybridized carbons (Fsp3) is 0.636. The molecule has 1 saturated heterocycles. The molecule has 2 aliphatic heterocycles. The van der Waals surface area contributed by atoms with Crippen LogP contribution < -0.4 is 5.32 Å². The number of carbonyl (C=O) groups excluding carboxylic acids is 2.